The third kappa shape index (κ3) is 3.85. The normalized spacial score (nSPS) is 20.9. The molecule has 1 saturated heterocycles. The molecule has 2 aromatic carbocycles. The van der Waals surface area contributed by atoms with Crippen molar-refractivity contribution < 1.29 is 9.18 Å². The number of halogens is 3. The van der Waals surface area contributed by atoms with Gasteiger partial charge in [-0.15, -0.1) is 0 Å². The van der Waals surface area contributed by atoms with Crippen LogP contribution in [-0.4, -0.2) is 27.5 Å². The van der Waals surface area contributed by atoms with Crippen molar-refractivity contribution in [2.75, 3.05) is 6.54 Å². The van der Waals surface area contributed by atoms with E-state index in [1.807, 2.05) is 23.2 Å². The zero-order valence-electron chi connectivity index (χ0n) is 16.9. The summed E-state index contributed by atoms with van der Waals surface area (Å²) in [7, 11) is 0. The zero-order valence-corrected chi connectivity index (χ0v) is 18.4. The van der Waals surface area contributed by atoms with Gasteiger partial charge >= 0.3 is 0 Å². The number of fused-ring (bicyclic) bond motifs is 1. The number of benzene rings is 2. The number of nitrogens with one attached hydrogen (secondary N) is 1. The molecule has 1 fully saturated rings. The summed E-state index contributed by atoms with van der Waals surface area (Å²) in [6.45, 7) is 0.732. The Kier molecular flexibility index (Phi) is 5.49. The van der Waals surface area contributed by atoms with Crippen LogP contribution in [0.1, 0.15) is 42.1 Å². The van der Waals surface area contributed by atoms with Crippen molar-refractivity contribution in [3.05, 3.63) is 75.3 Å². The van der Waals surface area contributed by atoms with Gasteiger partial charge in [0.1, 0.15) is 5.82 Å². The number of aromatic amines is 1. The summed E-state index contributed by atoms with van der Waals surface area (Å²) in [5.74, 6) is -0.274. The summed E-state index contributed by atoms with van der Waals surface area (Å²) < 4.78 is 13.2. The van der Waals surface area contributed by atoms with Gasteiger partial charge in [0, 0.05) is 22.5 Å². The second-order valence-corrected chi connectivity index (χ2v) is 9.18. The second-order valence-electron chi connectivity index (χ2n) is 8.36. The van der Waals surface area contributed by atoms with Crippen LogP contribution in [0.25, 0.3) is 11.1 Å². The van der Waals surface area contributed by atoms with Gasteiger partial charge in [0.05, 0.1) is 17.9 Å². The fourth-order valence-corrected chi connectivity index (χ4v) is 5.51. The molecule has 1 N–H and O–H groups in total. The number of carbonyl (C=O) groups excluding carboxylic acids is 1. The van der Waals surface area contributed by atoms with Crippen LogP contribution in [-0.2, 0) is 17.6 Å². The maximum absolute atomic E-state index is 13.3. The molecule has 160 valence electrons. The number of hydrogen-bond donors (Lipinski definition) is 1. The first-order valence-electron chi connectivity index (χ1n) is 10.6. The highest BCUT2D eigenvalue weighted by Gasteiger charge is 2.39. The van der Waals surface area contributed by atoms with Crippen LogP contribution >= 0.6 is 23.2 Å². The average molecular weight is 458 g/mol. The van der Waals surface area contributed by atoms with Gasteiger partial charge < -0.3 is 4.90 Å². The lowest BCUT2D eigenvalue weighted by molar-refractivity contribution is -0.133. The minimum absolute atomic E-state index is 0.0792. The quantitative estimate of drug-likeness (QED) is 0.522. The molecule has 1 aliphatic carbocycles. The van der Waals surface area contributed by atoms with Crippen molar-refractivity contribution >= 4 is 29.1 Å². The Balaban J connectivity index is 1.35. The van der Waals surface area contributed by atoms with E-state index >= 15 is 0 Å². The number of aromatic nitrogens is 2. The number of nitrogens with zero attached hydrogens (tertiary/aromatic N) is 2. The predicted octanol–water partition coefficient (Wildman–Crippen LogP) is 5.99. The standard InChI is InChI=1S/C24H22Cl2FN3O/c25-20-11-17(14-4-6-18(27)7-5-14)12-21(26)19(20)10-15-8-9-30(24(15)31)22-3-1-2-16-13-28-29-23(16)22/h4-7,11-13,15,22H,1-3,8-10H2,(H,28,29). The van der Waals surface area contributed by atoms with Crippen molar-refractivity contribution in [1.82, 2.24) is 15.1 Å². The molecule has 2 aliphatic rings. The van der Waals surface area contributed by atoms with Crippen molar-refractivity contribution in [3.8, 4) is 11.1 Å². The van der Waals surface area contributed by atoms with Crippen molar-refractivity contribution in [2.45, 2.75) is 38.1 Å². The predicted molar refractivity (Wildman–Crippen MR) is 120 cm³/mol. The summed E-state index contributed by atoms with van der Waals surface area (Å²) in [4.78, 5) is 15.2. The molecule has 0 bridgehead atoms. The van der Waals surface area contributed by atoms with Gasteiger partial charge in [0.25, 0.3) is 0 Å². The fraction of sp³-hybridized carbons (Fsp3) is 0.333. The summed E-state index contributed by atoms with van der Waals surface area (Å²) in [5.41, 5.74) is 4.76. The lowest BCUT2D eigenvalue weighted by Crippen LogP contribution is -2.34. The van der Waals surface area contributed by atoms with E-state index in [0.717, 1.165) is 54.6 Å². The minimum Gasteiger partial charge on any atom is -0.334 e. The molecule has 0 saturated carbocycles. The molecule has 4 nitrogen and oxygen atoms in total. The minimum atomic E-state index is -0.290. The number of amides is 1. The van der Waals surface area contributed by atoms with Gasteiger partial charge in [-0.25, -0.2) is 4.39 Å². The molecular weight excluding hydrogens is 436 g/mol. The number of hydrogen-bond acceptors (Lipinski definition) is 2. The summed E-state index contributed by atoms with van der Waals surface area (Å²) in [6.07, 6.45) is 6.21. The molecule has 1 aliphatic heterocycles. The largest absolute Gasteiger partial charge is 0.334 e. The van der Waals surface area contributed by atoms with E-state index in [0.29, 0.717) is 16.5 Å². The Labute approximate surface area is 190 Å². The lowest BCUT2D eigenvalue weighted by Gasteiger charge is -2.31. The van der Waals surface area contributed by atoms with Gasteiger partial charge in [0.2, 0.25) is 5.91 Å². The first-order valence-corrected chi connectivity index (χ1v) is 11.3. The molecule has 2 atom stereocenters. The third-order valence-electron chi connectivity index (χ3n) is 6.50. The molecule has 1 amide bonds. The lowest BCUT2D eigenvalue weighted by atomic mass is 9.92. The molecule has 5 rings (SSSR count). The van der Waals surface area contributed by atoms with Crippen LogP contribution < -0.4 is 0 Å². The van der Waals surface area contributed by atoms with E-state index in [1.54, 1.807) is 12.1 Å². The smallest absolute Gasteiger partial charge is 0.226 e. The first-order chi connectivity index (χ1) is 15.0. The summed E-state index contributed by atoms with van der Waals surface area (Å²) >= 11 is 13.2. The van der Waals surface area contributed by atoms with Gasteiger partial charge in [-0.2, -0.15) is 5.10 Å². The molecule has 2 heterocycles. The van der Waals surface area contributed by atoms with Gasteiger partial charge in [0.15, 0.2) is 0 Å². The molecule has 2 unspecified atom stereocenters. The van der Waals surface area contributed by atoms with Gasteiger partial charge in [-0.1, -0.05) is 35.3 Å². The Hall–Kier alpha value is -2.37. The average Bonchev–Trinajstić information content (AvgIpc) is 3.38. The van der Waals surface area contributed by atoms with Crippen LogP contribution in [0.15, 0.2) is 42.6 Å². The molecule has 3 aromatic rings. The van der Waals surface area contributed by atoms with Crippen molar-refractivity contribution in [1.29, 1.82) is 0 Å². The summed E-state index contributed by atoms with van der Waals surface area (Å²) in [6, 6.07) is 9.97. The highest BCUT2D eigenvalue weighted by atomic mass is 35.5. The molecule has 1 aromatic heterocycles. The maximum Gasteiger partial charge on any atom is 0.226 e. The third-order valence-corrected chi connectivity index (χ3v) is 7.18. The monoisotopic (exact) mass is 457 g/mol. The number of aryl methyl sites for hydroxylation is 1. The van der Waals surface area contributed by atoms with Crippen LogP contribution in [0.5, 0.6) is 0 Å². The van der Waals surface area contributed by atoms with E-state index in [2.05, 4.69) is 10.2 Å². The molecule has 0 radical (unpaired) electrons. The number of rotatable bonds is 4. The van der Waals surface area contributed by atoms with Gasteiger partial charge in [-0.05, 0) is 78.6 Å². The molecule has 31 heavy (non-hydrogen) atoms. The van der Waals surface area contributed by atoms with E-state index in [9.17, 15) is 9.18 Å². The number of H-pyrrole nitrogens is 1. The zero-order chi connectivity index (χ0) is 21.5. The van der Waals surface area contributed by atoms with E-state index in [4.69, 9.17) is 23.2 Å². The SMILES string of the molecule is O=C1C(Cc2c(Cl)cc(-c3ccc(F)cc3)cc2Cl)CCN1C1CCCc2cn[nH]c21. The van der Waals surface area contributed by atoms with Crippen LogP contribution in [0.3, 0.4) is 0 Å². The van der Waals surface area contributed by atoms with Gasteiger partial charge in [-0.3, -0.25) is 9.89 Å². The van der Waals surface area contributed by atoms with E-state index in [-0.39, 0.29) is 23.7 Å². The Morgan fingerprint density at radius 3 is 2.58 bits per heavy atom. The highest BCUT2D eigenvalue weighted by Crippen LogP contribution is 2.39. The van der Waals surface area contributed by atoms with Crippen molar-refractivity contribution in [3.63, 3.8) is 0 Å². The second kappa shape index (κ2) is 8.29. The van der Waals surface area contributed by atoms with E-state index in [1.165, 1.54) is 17.7 Å². The number of carbonyl (C=O) groups is 1. The number of likely N-dealkylation sites (tertiary alicyclic amines) is 1. The molecule has 7 heteroatoms. The Morgan fingerprint density at radius 2 is 1.84 bits per heavy atom. The Morgan fingerprint density at radius 1 is 1.10 bits per heavy atom. The van der Waals surface area contributed by atoms with Crippen LogP contribution in [0, 0.1) is 11.7 Å². The van der Waals surface area contributed by atoms with Crippen LogP contribution in [0.2, 0.25) is 10.0 Å². The van der Waals surface area contributed by atoms with Crippen LogP contribution in [0.4, 0.5) is 4.39 Å². The topological polar surface area (TPSA) is 49.0 Å². The fourth-order valence-electron chi connectivity index (χ4n) is 4.87. The summed E-state index contributed by atoms with van der Waals surface area (Å²) in [5, 5.41) is 8.35. The Bertz CT molecular complexity index is 1110. The molecular formula is C24H22Cl2FN3O. The maximum atomic E-state index is 13.3. The van der Waals surface area contributed by atoms with E-state index < -0.39 is 0 Å². The molecule has 0 spiro atoms. The highest BCUT2D eigenvalue weighted by molar-refractivity contribution is 6.36. The first kappa shape index (κ1) is 20.5. The van der Waals surface area contributed by atoms with Crippen molar-refractivity contribution in [2.24, 2.45) is 5.92 Å².